The molecule has 0 aliphatic heterocycles. The number of amides is 1. The summed E-state index contributed by atoms with van der Waals surface area (Å²) in [5.74, 6) is 0.860. The van der Waals surface area contributed by atoms with E-state index in [1.165, 1.54) is 6.42 Å². The van der Waals surface area contributed by atoms with Gasteiger partial charge in [0.1, 0.15) is 0 Å². The smallest absolute Gasteiger partial charge is 0.236 e. The van der Waals surface area contributed by atoms with Crippen molar-refractivity contribution in [3.63, 3.8) is 0 Å². The van der Waals surface area contributed by atoms with Crippen molar-refractivity contribution < 1.29 is 4.79 Å². The van der Waals surface area contributed by atoms with E-state index in [9.17, 15) is 4.79 Å². The van der Waals surface area contributed by atoms with Crippen LogP contribution >= 0.6 is 0 Å². The molecule has 3 unspecified atom stereocenters. The third-order valence-electron chi connectivity index (χ3n) is 2.32. The maximum atomic E-state index is 11.2. The Hall–Kier alpha value is -0.570. The Kier molecular flexibility index (Phi) is 3.09. The normalized spacial score (nSPS) is 29.6. The van der Waals surface area contributed by atoms with Gasteiger partial charge in [0, 0.05) is 12.6 Å². The van der Waals surface area contributed by atoms with E-state index in [1.54, 1.807) is 0 Å². The Bertz CT molecular complexity index is 170. The van der Waals surface area contributed by atoms with Crippen LogP contribution in [0.25, 0.3) is 0 Å². The fourth-order valence-electron chi connectivity index (χ4n) is 1.28. The topological polar surface area (TPSA) is 41.1 Å². The van der Waals surface area contributed by atoms with Crippen LogP contribution in [0.4, 0.5) is 0 Å². The van der Waals surface area contributed by atoms with Crippen LogP contribution in [-0.4, -0.2) is 24.5 Å². The fraction of sp³-hybridized carbons (Fsp3) is 0.889. The van der Waals surface area contributed by atoms with Gasteiger partial charge in [-0.2, -0.15) is 0 Å². The molecule has 0 aromatic heterocycles. The Morgan fingerprint density at radius 3 is 2.67 bits per heavy atom. The quantitative estimate of drug-likeness (QED) is 0.645. The number of hydrogen-bond acceptors (Lipinski definition) is 2. The van der Waals surface area contributed by atoms with E-state index in [1.807, 2.05) is 13.8 Å². The molecule has 1 aliphatic rings. The average molecular weight is 170 g/mol. The van der Waals surface area contributed by atoms with E-state index < -0.39 is 0 Å². The molecule has 3 nitrogen and oxygen atoms in total. The highest BCUT2D eigenvalue weighted by atomic mass is 16.2. The van der Waals surface area contributed by atoms with Gasteiger partial charge in [0.25, 0.3) is 0 Å². The standard InChI is InChI=1S/C9H18N2O/c1-4-10-9(12)7(3)11-8-5-6(8)2/h6-8,11H,4-5H2,1-3H3,(H,10,12). The first-order valence-corrected chi connectivity index (χ1v) is 4.69. The molecular formula is C9H18N2O. The number of nitrogens with one attached hydrogen (secondary N) is 2. The second kappa shape index (κ2) is 3.90. The van der Waals surface area contributed by atoms with E-state index in [0.29, 0.717) is 12.6 Å². The zero-order chi connectivity index (χ0) is 9.14. The van der Waals surface area contributed by atoms with Crippen LogP contribution in [0.1, 0.15) is 27.2 Å². The maximum Gasteiger partial charge on any atom is 0.236 e. The molecule has 1 saturated carbocycles. The molecule has 1 aliphatic carbocycles. The average Bonchev–Trinajstić information content (AvgIpc) is 2.67. The molecule has 1 fully saturated rings. The molecule has 0 bridgehead atoms. The summed E-state index contributed by atoms with van der Waals surface area (Å²) in [5, 5.41) is 6.07. The van der Waals surface area contributed by atoms with Crippen molar-refractivity contribution in [2.24, 2.45) is 5.92 Å². The zero-order valence-corrected chi connectivity index (χ0v) is 8.05. The van der Waals surface area contributed by atoms with Crippen molar-refractivity contribution >= 4 is 5.91 Å². The molecule has 0 radical (unpaired) electrons. The second-order valence-electron chi connectivity index (χ2n) is 3.60. The number of likely N-dealkylation sites (N-methyl/N-ethyl adjacent to an activating group) is 1. The van der Waals surface area contributed by atoms with Gasteiger partial charge >= 0.3 is 0 Å². The lowest BCUT2D eigenvalue weighted by Gasteiger charge is -2.12. The van der Waals surface area contributed by atoms with Gasteiger partial charge in [-0.15, -0.1) is 0 Å². The molecule has 1 rings (SSSR count). The number of carbonyl (C=O) groups is 1. The summed E-state index contributed by atoms with van der Waals surface area (Å²) in [6.07, 6.45) is 1.21. The molecule has 0 spiro atoms. The van der Waals surface area contributed by atoms with E-state index >= 15 is 0 Å². The first-order valence-electron chi connectivity index (χ1n) is 4.69. The Labute approximate surface area is 73.9 Å². The summed E-state index contributed by atoms with van der Waals surface area (Å²) in [6, 6.07) is 0.530. The summed E-state index contributed by atoms with van der Waals surface area (Å²) in [7, 11) is 0. The van der Waals surface area contributed by atoms with E-state index in [-0.39, 0.29) is 11.9 Å². The maximum absolute atomic E-state index is 11.2. The minimum Gasteiger partial charge on any atom is -0.355 e. The van der Waals surface area contributed by atoms with Crippen molar-refractivity contribution in [2.45, 2.75) is 39.3 Å². The van der Waals surface area contributed by atoms with E-state index in [2.05, 4.69) is 17.6 Å². The van der Waals surface area contributed by atoms with Gasteiger partial charge in [0.15, 0.2) is 0 Å². The molecule has 0 heterocycles. The molecule has 2 N–H and O–H groups in total. The van der Waals surface area contributed by atoms with Crippen LogP contribution in [0.5, 0.6) is 0 Å². The summed E-state index contributed by atoms with van der Waals surface area (Å²) in [4.78, 5) is 11.2. The molecule has 12 heavy (non-hydrogen) atoms. The second-order valence-corrected chi connectivity index (χ2v) is 3.60. The highest BCUT2D eigenvalue weighted by molar-refractivity contribution is 5.81. The Balaban J connectivity index is 2.18. The highest BCUT2D eigenvalue weighted by Crippen LogP contribution is 2.29. The van der Waals surface area contributed by atoms with E-state index in [0.717, 1.165) is 5.92 Å². The zero-order valence-electron chi connectivity index (χ0n) is 8.05. The van der Waals surface area contributed by atoms with Gasteiger partial charge in [0.05, 0.1) is 6.04 Å². The van der Waals surface area contributed by atoms with Gasteiger partial charge < -0.3 is 10.6 Å². The van der Waals surface area contributed by atoms with Crippen molar-refractivity contribution in [3.05, 3.63) is 0 Å². The molecule has 3 atom stereocenters. The minimum atomic E-state index is -0.0418. The summed E-state index contributed by atoms with van der Waals surface area (Å²) >= 11 is 0. The fourth-order valence-corrected chi connectivity index (χ4v) is 1.28. The van der Waals surface area contributed by atoms with E-state index in [4.69, 9.17) is 0 Å². The summed E-state index contributed by atoms with van der Waals surface area (Å²) in [5.41, 5.74) is 0. The lowest BCUT2D eigenvalue weighted by atomic mass is 10.3. The van der Waals surface area contributed by atoms with Crippen molar-refractivity contribution in [1.82, 2.24) is 10.6 Å². The van der Waals surface area contributed by atoms with Crippen LogP contribution in [0.2, 0.25) is 0 Å². The number of hydrogen-bond donors (Lipinski definition) is 2. The number of carbonyl (C=O) groups excluding carboxylic acids is 1. The molecule has 3 heteroatoms. The molecule has 0 aromatic carbocycles. The first kappa shape index (κ1) is 9.52. The van der Waals surface area contributed by atoms with Crippen molar-refractivity contribution in [3.8, 4) is 0 Å². The first-order chi connectivity index (χ1) is 5.65. The predicted molar refractivity (Wildman–Crippen MR) is 48.9 cm³/mol. The summed E-state index contributed by atoms with van der Waals surface area (Å²) in [6.45, 7) is 6.76. The molecule has 1 amide bonds. The molecule has 0 saturated heterocycles. The van der Waals surface area contributed by atoms with Crippen LogP contribution in [0.15, 0.2) is 0 Å². The summed E-state index contributed by atoms with van der Waals surface area (Å²) < 4.78 is 0. The Morgan fingerprint density at radius 2 is 2.25 bits per heavy atom. The van der Waals surface area contributed by atoms with Crippen LogP contribution in [-0.2, 0) is 4.79 Å². The Morgan fingerprint density at radius 1 is 1.67 bits per heavy atom. The highest BCUT2D eigenvalue weighted by Gasteiger charge is 2.34. The largest absolute Gasteiger partial charge is 0.355 e. The van der Waals surface area contributed by atoms with Crippen molar-refractivity contribution in [1.29, 1.82) is 0 Å². The SMILES string of the molecule is CCNC(=O)C(C)NC1CC1C. The van der Waals surface area contributed by atoms with Crippen LogP contribution in [0.3, 0.4) is 0 Å². The molecule has 70 valence electrons. The van der Waals surface area contributed by atoms with Gasteiger partial charge in [0.2, 0.25) is 5.91 Å². The molecular weight excluding hydrogens is 152 g/mol. The van der Waals surface area contributed by atoms with Gasteiger partial charge in [-0.05, 0) is 26.2 Å². The minimum absolute atomic E-state index is 0.0418. The molecule has 0 aromatic rings. The van der Waals surface area contributed by atoms with Gasteiger partial charge in [-0.1, -0.05) is 6.92 Å². The lowest BCUT2D eigenvalue weighted by Crippen LogP contribution is -2.43. The van der Waals surface area contributed by atoms with Gasteiger partial charge in [-0.25, -0.2) is 0 Å². The van der Waals surface area contributed by atoms with Gasteiger partial charge in [-0.3, -0.25) is 4.79 Å². The predicted octanol–water partition coefficient (Wildman–Crippen LogP) is 0.509. The number of rotatable bonds is 4. The van der Waals surface area contributed by atoms with Crippen LogP contribution in [0, 0.1) is 5.92 Å². The monoisotopic (exact) mass is 170 g/mol. The third kappa shape index (κ3) is 2.48. The van der Waals surface area contributed by atoms with Crippen LogP contribution < -0.4 is 10.6 Å². The van der Waals surface area contributed by atoms with Crippen molar-refractivity contribution in [2.75, 3.05) is 6.54 Å². The third-order valence-corrected chi connectivity index (χ3v) is 2.32. The lowest BCUT2D eigenvalue weighted by molar-refractivity contribution is -0.122.